The molecule has 1 aliphatic heterocycles. The number of hydrogen-bond acceptors (Lipinski definition) is 2. The molecular formula is C16H21NO3. The Bertz CT molecular complexity index is 512. The molecule has 4 nitrogen and oxygen atoms in total. The highest BCUT2D eigenvalue weighted by molar-refractivity contribution is 5.95. The van der Waals surface area contributed by atoms with Gasteiger partial charge in [0.25, 0.3) is 0 Å². The standard InChI is InChI=1S/C16H21NO3/c1-3-11(2)8-15(18)17-10-13(16(19)20)9-12-6-4-5-7-14(12)17/h4-7,11,13H,3,8-10H2,1-2H3,(H,19,20). The summed E-state index contributed by atoms with van der Waals surface area (Å²) in [5, 5.41) is 9.25. The van der Waals surface area contributed by atoms with E-state index in [4.69, 9.17) is 0 Å². The minimum atomic E-state index is -0.833. The fraction of sp³-hybridized carbons (Fsp3) is 0.500. The van der Waals surface area contributed by atoms with Crippen molar-refractivity contribution in [2.45, 2.75) is 33.1 Å². The summed E-state index contributed by atoms with van der Waals surface area (Å²) in [6.07, 6.45) is 1.92. The molecule has 0 saturated carbocycles. The summed E-state index contributed by atoms with van der Waals surface area (Å²) in [5.41, 5.74) is 1.82. The van der Waals surface area contributed by atoms with Gasteiger partial charge in [-0.2, -0.15) is 0 Å². The number of amides is 1. The van der Waals surface area contributed by atoms with E-state index < -0.39 is 11.9 Å². The number of fused-ring (bicyclic) bond motifs is 1. The average Bonchev–Trinajstić information content (AvgIpc) is 2.45. The lowest BCUT2D eigenvalue weighted by Crippen LogP contribution is -2.43. The van der Waals surface area contributed by atoms with Crippen LogP contribution in [-0.2, 0) is 16.0 Å². The molecule has 2 rings (SSSR count). The van der Waals surface area contributed by atoms with Crippen LogP contribution in [0, 0.1) is 11.8 Å². The third-order valence-electron chi connectivity index (χ3n) is 4.02. The minimum Gasteiger partial charge on any atom is -0.481 e. The van der Waals surface area contributed by atoms with Crippen molar-refractivity contribution >= 4 is 17.6 Å². The fourth-order valence-electron chi connectivity index (χ4n) is 2.55. The molecule has 1 aliphatic rings. The largest absolute Gasteiger partial charge is 0.481 e. The van der Waals surface area contributed by atoms with E-state index in [9.17, 15) is 14.7 Å². The lowest BCUT2D eigenvalue weighted by Gasteiger charge is -2.33. The van der Waals surface area contributed by atoms with Crippen molar-refractivity contribution in [2.75, 3.05) is 11.4 Å². The van der Waals surface area contributed by atoms with Gasteiger partial charge in [-0.25, -0.2) is 0 Å². The first-order valence-corrected chi connectivity index (χ1v) is 7.14. The van der Waals surface area contributed by atoms with Gasteiger partial charge >= 0.3 is 5.97 Å². The third-order valence-corrected chi connectivity index (χ3v) is 4.02. The lowest BCUT2D eigenvalue weighted by atomic mass is 9.91. The molecule has 0 spiro atoms. The van der Waals surface area contributed by atoms with Gasteiger partial charge in [0.05, 0.1) is 5.92 Å². The molecule has 1 heterocycles. The second-order valence-corrected chi connectivity index (χ2v) is 5.59. The number of hydrogen-bond donors (Lipinski definition) is 1. The Kier molecular flexibility index (Phi) is 4.42. The molecule has 1 aromatic carbocycles. The Balaban J connectivity index is 2.26. The summed E-state index contributed by atoms with van der Waals surface area (Å²) in [6.45, 7) is 4.38. The normalized spacial score (nSPS) is 19.3. The van der Waals surface area contributed by atoms with Crippen LogP contribution in [0.4, 0.5) is 5.69 Å². The van der Waals surface area contributed by atoms with Gasteiger partial charge in [0, 0.05) is 18.7 Å². The van der Waals surface area contributed by atoms with Gasteiger partial charge in [0.1, 0.15) is 0 Å². The number of benzene rings is 1. The molecule has 4 heteroatoms. The molecule has 0 fully saturated rings. The summed E-state index contributed by atoms with van der Waals surface area (Å²) in [5.74, 6) is -0.996. The molecule has 0 aromatic heterocycles. The van der Waals surface area contributed by atoms with E-state index in [2.05, 4.69) is 6.92 Å². The van der Waals surface area contributed by atoms with E-state index in [0.717, 1.165) is 17.7 Å². The van der Waals surface area contributed by atoms with E-state index in [0.29, 0.717) is 18.8 Å². The van der Waals surface area contributed by atoms with Crippen molar-refractivity contribution in [1.29, 1.82) is 0 Å². The van der Waals surface area contributed by atoms with Crippen molar-refractivity contribution in [2.24, 2.45) is 11.8 Å². The second kappa shape index (κ2) is 6.07. The predicted octanol–water partition coefficient (Wildman–Crippen LogP) is 2.71. The maximum absolute atomic E-state index is 12.4. The summed E-state index contributed by atoms with van der Waals surface area (Å²) >= 11 is 0. The number of carbonyl (C=O) groups is 2. The van der Waals surface area contributed by atoms with Crippen LogP contribution in [0.1, 0.15) is 32.3 Å². The Morgan fingerprint density at radius 2 is 2.10 bits per heavy atom. The number of aliphatic carboxylic acids is 1. The van der Waals surface area contributed by atoms with Gasteiger partial charge in [0.2, 0.25) is 5.91 Å². The third kappa shape index (κ3) is 3.00. The van der Waals surface area contributed by atoms with E-state index in [-0.39, 0.29) is 12.5 Å². The van der Waals surface area contributed by atoms with Crippen LogP contribution in [0.15, 0.2) is 24.3 Å². The topological polar surface area (TPSA) is 57.6 Å². The molecule has 2 atom stereocenters. The highest BCUT2D eigenvalue weighted by Gasteiger charge is 2.32. The van der Waals surface area contributed by atoms with Crippen molar-refractivity contribution in [3.05, 3.63) is 29.8 Å². The van der Waals surface area contributed by atoms with Gasteiger partial charge in [-0.3, -0.25) is 9.59 Å². The van der Waals surface area contributed by atoms with Gasteiger partial charge in [-0.05, 0) is 24.0 Å². The van der Waals surface area contributed by atoms with Crippen molar-refractivity contribution in [3.8, 4) is 0 Å². The van der Waals surface area contributed by atoms with Crippen LogP contribution >= 0.6 is 0 Å². The molecule has 108 valence electrons. The zero-order chi connectivity index (χ0) is 14.7. The maximum Gasteiger partial charge on any atom is 0.308 e. The first-order valence-electron chi connectivity index (χ1n) is 7.14. The first-order chi connectivity index (χ1) is 9.52. The van der Waals surface area contributed by atoms with E-state index >= 15 is 0 Å². The molecule has 0 aliphatic carbocycles. The highest BCUT2D eigenvalue weighted by Crippen LogP contribution is 2.30. The van der Waals surface area contributed by atoms with Crippen LogP contribution < -0.4 is 4.90 Å². The quantitative estimate of drug-likeness (QED) is 0.919. The number of anilines is 1. The van der Waals surface area contributed by atoms with Crippen LogP contribution in [0.5, 0.6) is 0 Å². The number of carbonyl (C=O) groups excluding carboxylic acids is 1. The number of rotatable bonds is 4. The second-order valence-electron chi connectivity index (χ2n) is 5.59. The Morgan fingerprint density at radius 1 is 1.40 bits per heavy atom. The number of nitrogens with zero attached hydrogens (tertiary/aromatic N) is 1. The lowest BCUT2D eigenvalue weighted by molar-refractivity contribution is -0.141. The van der Waals surface area contributed by atoms with Crippen LogP contribution in [-0.4, -0.2) is 23.5 Å². The van der Waals surface area contributed by atoms with Crippen LogP contribution in [0.3, 0.4) is 0 Å². The summed E-state index contributed by atoms with van der Waals surface area (Å²) in [4.78, 5) is 25.4. The molecular weight excluding hydrogens is 254 g/mol. The molecule has 1 amide bonds. The monoisotopic (exact) mass is 275 g/mol. The molecule has 20 heavy (non-hydrogen) atoms. The zero-order valence-corrected chi connectivity index (χ0v) is 12.0. The van der Waals surface area contributed by atoms with Crippen molar-refractivity contribution < 1.29 is 14.7 Å². The summed E-state index contributed by atoms with van der Waals surface area (Å²) in [7, 11) is 0. The van der Waals surface area contributed by atoms with Gasteiger partial charge in [-0.1, -0.05) is 38.5 Å². The van der Waals surface area contributed by atoms with Crippen molar-refractivity contribution in [3.63, 3.8) is 0 Å². The zero-order valence-electron chi connectivity index (χ0n) is 12.0. The van der Waals surface area contributed by atoms with Gasteiger partial charge in [0.15, 0.2) is 0 Å². The molecule has 2 unspecified atom stereocenters. The van der Waals surface area contributed by atoms with Gasteiger partial charge < -0.3 is 10.0 Å². The van der Waals surface area contributed by atoms with E-state index in [1.165, 1.54) is 0 Å². The molecule has 1 aromatic rings. The number of carboxylic acids is 1. The molecule has 0 saturated heterocycles. The predicted molar refractivity (Wildman–Crippen MR) is 77.7 cm³/mol. The Morgan fingerprint density at radius 3 is 2.75 bits per heavy atom. The smallest absolute Gasteiger partial charge is 0.308 e. The summed E-state index contributed by atoms with van der Waals surface area (Å²) < 4.78 is 0. The summed E-state index contributed by atoms with van der Waals surface area (Å²) in [6, 6.07) is 7.60. The fourth-order valence-corrected chi connectivity index (χ4v) is 2.55. The Hall–Kier alpha value is -1.84. The number of para-hydroxylation sites is 1. The SMILES string of the molecule is CCC(C)CC(=O)N1CC(C(=O)O)Cc2ccccc21. The number of carboxylic acid groups (broad SMARTS) is 1. The minimum absolute atomic E-state index is 0.0257. The first kappa shape index (κ1) is 14.6. The van der Waals surface area contributed by atoms with Crippen LogP contribution in [0.2, 0.25) is 0 Å². The molecule has 0 bridgehead atoms. The van der Waals surface area contributed by atoms with Crippen molar-refractivity contribution in [1.82, 2.24) is 0 Å². The van der Waals surface area contributed by atoms with Gasteiger partial charge in [-0.15, -0.1) is 0 Å². The highest BCUT2D eigenvalue weighted by atomic mass is 16.4. The average molecular weight is 275 g/mol. The molecule has 1 N–H and O–H groups in total. The Labute approximate surface area is 119 Å². The molecule has 0 radical (unpaired) electrons. The maximum atomic E-state index is 12.4. The van der Waals surface area contributed by atoms with E-state index in [1.807, 2.05) is 31.2 Å². The van der Waals surface area contributed by atoms with E-state index in [1.54, 1.807) is 4.90 Å². The van der Waals surface area contributed by atoms with Crippen LogP contribution in [0.25, 0.3) is 0 Å².